The number of fused-ring (bicyclic) bond motifs is 2. The van der Waals surface area contributed by atoms with E-state index in [2.05, 4.69) is 167 Å². The summed E-state index contributed by atoms with van der Waals surface area (Å²) in [6.45, 7) is 0. The molecule has 0 N–H and O–H groups in total. The summed E-state index contributed by atoms with van der Waals surface area (Å²) in [6.07, 6.45) is 6.97. The molecule has 277 valence electrons. The Bertz CT molecular complexity index is 2740. The van der Waals surface area contributed by atoms with E-state index in [9.17, 15) is 0 Å². The minimum Gasteiger partial charge on any atom is -0.557 e. The van der Waals surface area contributed by atoms with Gasteiger partial charge in [0.25, 0.3) is 0 Å². The number of hydrogen-bond acceptors (Lipinski definition) is 3. The maximum absolute atomic E-state index is 6.06. The van der Waals surface area contributed by atoms with Gasteiger partial charge in [-0.3, -0.25) is 4.98 Å². The fourth-order valence-corrected chi connectivity index (χ4v) is 7.26. The normalized spacial score (nSPS) is 10.8. The van der Waals surface area contributed by atoms with Gasteiger partial charge in [0.2, 0.25) is 0 Å². The molecule has 0 atom stereocenters. The van der Waals surface area contributed by atoms with Crippen molar-refractivity contribution in [2.24, 2.45) is 0 Å². The number of benzene rings is 7. The van der Waals surface area contributed by atoms with Gasteiger partial charge in [-0.1, -0.05) is 168 Å². The van der Waals surface area contributed by atoms with Crippen LogP contribution in [-0.4, -0.2) is 14.5 Å². The number of rotatable bonds is 8. The van der Waals surface area contributed by atoms with Crippen molar-refractivity contribution in [3.8, 4) is 50.6 Å². The summed E-state index contributed by atoms with van der Waals surface area (Å²) in [5.41, 5.74) is 13.9. The van der Waals surface area contributed by atoms with Crippen molar-refractivity contribution < 1.29 is 24.5 Å². The van der Waals surface area contributed by atoms with Crippen molar-refractivity contribution in [1.29, 1.82) is 0 Å². The molecule has 7 aromatic carbocycles. The van der Waals surface area contributed by atoms with E-state index in [-0.39, 0.29) is 20.1 Å². The number of aromatic nitrogens is 3. The number of aryl methyl sites for hydroxylation is 2. The minimum atomic E-state index is 0. The number of hydrogen-bond donors (Lipinski definition) is 0. The molecular formula is C52H37IrN3O-2. The summed E-state index contributed by atoms with van der Waals surface area (Å²) in [7, 11) is 0. The topological polar surface area (TPSA) is 43.9 Å². The number of imidazole rings is 1. The van der Waals surface area contributed by atoms with Gasteiger partial charge >= 0.3 is 0 Å². The maximum atomic E-state index is 6.06. The molecule has 0 amide bonds. The first-order chi connectivity index (χ1) is 27.8. The average molecular weight is 912 g/mol. The van der Waals surface area contributed by atoms with Gasteiger partial charge in [-0.05, 0) is 53.4 Å². The molecule has 0 aliphatic carbocycles. The van der Waals surface area contributed by atoms with Crippen molar-refractivity contribution in [2.75, 3.05) is 0 Å². The molecule has 57 heavy (non-hydrogen) atoms. The Balaban J connectivity index is 0.000000300. The third-order valence-electron chi connectivity index (χ3n) is 9.99. The van der Waals surface area contributed by atoms with Crippen molar-refractivity contribution >= 4 is 22.0 Å². The number of para-hydroxylation sites is 3. The van der Waals surface area contributed by atoms with Crippen LogP contribution in [0.5, 0.6) is 0 Å². The average Bonchev–Trinajstić information content (AvgIpc) is 3.88. The molecule has 0 aliphatic heterocycles. The molecule has 1 radical (unpaired) electrons. The van der Waals surface area contributed by atoms with Crippen LogP contribution in [0.25, 0.3) is 72.6 Å². The second kappa shape index (κ2) is 17.4. The van der Waals surface area contributed by atoms with E-state index < -0.39 is 0 Å². The van der Waals surface area contributed by atoms with Crippen LogP contribution >= 0.6 is 0 Å². The fourth-order valence-electron chi connectivity index (χ4n) is 7.26. The molecule has 3 aromatic heterocycles. The Hall–Kier alpha value is -6.65. The van der Waals surface area contributed by atoms with Gasteiger partial charge in [0, 0.05) is 49.3 Å². The van der Waals surface area contributed by atoms with Gasteiger partial charge < -0.3 is 14.0 Å². The van der Waals surface area contributed by atoms with Gasteiger partial charge in [0.15, 0.2) is 0 Å². The van der Waals surface area contributed by atoms with Crippen LogP contribution in [0, 0.1) is 12.3 Å². The standard InChI is InChI=1S/C41H29N2O.C11H8N.Ir/c1-4-13-29(14-5-1)23-24-30-25-26-39-35(27-30)36(28-44-39)41-42-37-21-10-11-22-38(37)43(41)40-33(31-15-6-2-7-16-31)19-12-20-34(40)32-17-8-3-9-18-32;1-2-6-10(7-3-1)11-8-4-5-9-12-11;/h1-22,25-27H,23-24H2;1-6,8-9H;/q2*-1;. The van der Waals surface area contributed by atoms with Crippen LogP contribution in [0.4, 0.5) is 0 Å². The van der Waals surface area contributed by atoms with Gasteiger partial charge in [0.05, 0.1) is 22.5 Å². The summed E-state index contributed by atoms with van der Waals surface area (Å²) >= 11 is 0. The second-order valence-electron chi connectivity index (χ2n) is 13.6. The molecule has 0 saturated heterocycles. The van der Waals surface area contributed by atoms with Crippen molar-refractivity contribution in [1.82, 2.24) is 14.5 Å². The Kier molecular flexibility index (Phi) is 11.4. The Morgan fingerprint density at radius 1 is 0.561 bits per heavy atom. The van der Waals surface area contributed by atoms with Crippen molar-refractivity contribution in [2.45, 2.75) is 12.8 Å². The quantitative estimate of drug-likeness (QED) is 0.143. The smallest absolute Gasteiger partial charge is 0.0774 e. The minimum absolute atomic E-state index is 0. The first-order valence-corrected chi connectivity index (χ1v) is 18.9. The molecule has 10 aromatic rings. The van der Waals surface area contributed by atoms with Crippen LogP contribution in [0.15, 0.2) is 205 Å². The largest absolute Gasteiger partial charge is 0.557 e. The number of nitrogens with zero attached hydrogens (tertiary/aromatic N) is 3. The van der Waals surface area contributed by atoms with Crippen LogP contribution in [-0.2, 0) is 32.9 Å². The molecule has 5 heteroatoms. The SMILES string of the molecule is [Ir].[c-]1ccccc1-c1ccccn1.[c-]1oc2ccc(CCc3ccccc3)cc2c1-c1nc2ccccc2n1-c1c(-c2ccccc2)cccc1-c1ccccc1. The predicted octanol–water partition coefficient (Wildman–Crippen LogP) is 12.9. The van der Waals surface area contributed by atoms with Crippen molar-refractivity contribution in [3.63, 3.8) is 0 Å². The number of pyridine rings is 1. The Morgan fingerprint density at radius 3 is 1.89 bits per heavy atom. The van der Waals surface area contributed by atoms with Gasteiger partial charge in [0.1, 0.15) is 0 Å². The van der Waals surface area contributed by atoms with E-state index in [1.165, 1.54) is 11.1 Å². The summed E-state index contributed by atoms with van der Waals surface area (Å²) in [5, 5.41) is 1.02. The zero-order valence-electron chi connectivity index (χ0n) is 31.0. The maximum Gasteiger partial charge on any atom is 0.0774 e. The monoisotopic (exact) mass is 912 g/mol. The molecule has 0 spiro atoms. The summed E-state index contributed by atoms with van der Waals surface area (Å²) in [5.74, 6) is 0.811. The third-order valence-corrected chi connectivity index (χ3v) is 9.99. The molecule has 3 heterocycles. The van der Waals surface area contributed by atoms with E-state index in [0.29, 0.717) is 0 Å². The van der Waals surface area contributed by atoms with Crippen molar-refractivity contribution in [3.05, 3.63) is 224 Å². The summed E-state index contributed by atoms with van der Waals surface area (Å²) in [4.78, 5) is 9.46. The fraction of sp³-hybridized carbons (Fsp3) is 0.0385. The molecular weight excluding hydrogens is 875 g/mol. The van der Waals surface area contributed by atoms with E-state index in [4.69, 9.17) is 9.40 Å². The zero-order chi connectivity index (χ0) is 37.5. The molecule has 0 saturated carbocycles. The zero-order valence-corrected chi connectivity index (χ0v) is 33.4. The van der Waals surface area contributed by atoms with Gasteiger partial charge in [-0.15, -0.1) is 35.9 Å². The van der Waals surface area contributed by atoms with E-state index >= 15 is 0 Å². The summed E-state index contributed by atoms with van der Waals surface area (Å²) < 4.78 is 8.36. The van der Waals surface area contributed by atoms with Gasteiger partial charge in [-0.2, -0.15) is 0 Å². The van der Waals surface area contributed by atoms with Gasteiger partial charge in [-0.25, -0.2) is 0 Å². The Labute approximate surface area is 346 Å². The molecule has 10 rings (SSSR count). The van der Waals surface area contributed by atoms with Crippen LogP contribution in [0.3, 0.4) is 0 Å². The van der Waals surface area contributed by atoms with Crippen LogP contribution in [0.1, 0.15) is 11.1 Å². The second-order valence-corrected chi connectivity index (χ2v) is 13.6. The Morgan fingerprint density at radius 2 is 1.21 bits per heavy atom. The molecule has 4 nitrogen and oxygen atoms in total. The first-order valence-electron chi connectivity index (χ1n) is 18.9. The van der Waals surface area contributed by atoms with Crippen LogP contribution < -0.4 is 0 Å². The van der Waals surface area contributed by atoms with Crippen LogP contribution in [0.2, 0.25) is 0 Å². The number of furan rings is 1. The van der Waals surface area contributed by atoms with E-state index in [1.807, 2.05) is 48.5 Å². The molecule has 0 bridgehead atoms. The summed E-state index contributed by atoms with van der Waals surface area (Å²) in [6, 6.07) is 70.0. The predicted molar refractivity (Wildman–Crippen MR) is 228 cm³/mol. The molecule has 0 fully saturated rings. The molecule has 0 aliphatic rings. The van der Waals surface area contributed by atoms with E-state index in [1.54, 1.807) is 6.20 Å². The van der Waals surface area contributed by atoms with E-state index in [0.717, 1.165) is 85.4 Å². The first kappa shape index (κ1) is 37.3. The molecule has 0 unspecified atom stereocenters. The third kappa shape index (κ3) is 8.03.